The molecule has 156 valence electrons. The largest absolute Gasteiger partial charge is 0.484 e. The van der Waals surface area contributed by atoms with E-state index in [1.165, 1.54) is 4.57 Å². The summed E-state index contributed by atoms with van der Waals surface area (Å²) in [5.41, 5.74) is 2.61. The molecule has 0 amide bonds. The molecule has 1 unspecified atom stereocenters. The molecule has 2 N–H and O–H groups in total. The predicted molar refractivity (Wildman–Crippen MR) is 116 cm³/mol. The van der Waals surface area contributed by atoms with Crippen LogP contribution in [0.3, 0.4) is 0 Å². The van der Waals surface area contributed by atoms with Gasteiger partial charge in [0.05, 0.1) is 17.8 Å². The average molecular weight is 446 g/mol. The van der Waals surface area contributed by atoms with Gasteiger partial charge in [0.1, 0.15) is 11.9 Å². The molecular weight excluding hydrogens is 425 g/mol. The Morgan fingerprint density at radius 2 is 1.97 bits per heavy atom. The van der Waals surface area contributed by atoms with Crippen molar-refractivity contribution in [3.63, 3.8) is 0 Å². The molecular formula is C22H21Cl2N3O3. The number of nitrogens with zero attached hydrogens (tertiary/aromatic N) is 2. The van der Waals surface area contributed by atoms with Crippen molar-refractivity contribution >= 4 is 23.2 Å². The van der Waals surface area contributed by atoms with Gasteiger partial charge in [0.15, 0.2) is 0 Å². The molecule has 2 aliphatic rings. The van der Waals surface area contributed by atoms with Crippen LogP contribution in [0.25, 0.3) is 5.69 Å². The number of ether oxygens (including phenoxy) is 1. The lowest BCUT2D eigenvalue weighted by Gasteiger charge is -2.30. The number of fused-ring (bicyclic) bond motifs is 1. The summed E-state index contributed by atoms with van der Waals surface area (Å²) in [7, 11) is 0. The van der Waals surface area contributed by atoms with E-state index >= 15 is 0 Å². The van der Waals surface area contributed by atoms with E-state index in [9.17, 15) is 9.90 Å². The van der Waals surface area contributed by atoms with Gasteiger partial charge < -0.3 is 14.8 Å². The van der Waals surface area contributed by atoms with E-state index in [0.29, 0.717) is 22.3 Å². The maximum absolute atomic E-state index is 11.8. The summed E-state index contributed by atoms with van der Waals surface area (Å²) < 4.78 is 7.97. The second-order valence-electron chi connectivity index (χ2n) is 7.83. The van der Waals surface area contributed by atoms with Crippen LogP contribution in [-0.4, -0.2) is 44.8 Å². The molecule has 0 bridgehead atoms. The molecule has 1 fully saturated rings. The van der Waals surface area contributed by atoms with Crippen LogP contribution in [0.5, 0.6) is 5.75 Å². The molecule has 8 heteroatoms. The minimum atomic E-state index is -0.313. The molecule has 3 atom stereocenters. The van der Waals surface area contributed by atoms with Crippen molar-refractivity contribution in [2.24, 2.45) is 0 Å². The lowest BCUT2D eigenvalue weighted by molar-refractivity contribution is 0.0818. The van der Waals surface area contributed by atoms with Gasteiger partial charge in [-0.3, -0.25) is 9.47 Å². The summed E-state index contributed by atoms with van der Waals surface area (Å²) in [5.74, 6) is 0.695. The molecule has 0 radical (unpaired) electrons. The number of rotatable bonds is 4. The molecule has 1 aliphatic carbocycles. The van der Waals surface area contributed by atoms with Crippen molar-refractivity contribution < 1.29 is 9.84 Å². The van der Waals surface area contributed by atoms with Gasteiger partial charge in [-0.15, -0.1) is 0 Å². The Bertz CT molecular complexity index is 1130. The summed E-state index contributed by atoms with van der Waals surface area (Å²) in [4.78, 5) is 16.7. The Labute approximate surface area is 183 Å². The third-order valence-corrected chi connectivity index (χ3v) is 6.51. The van der Waals surface area contributed by atoms with Gasteiger partial charge in [0.2, 0.25) is 0 Å². The molecule has 5 rings (SSSR count). The first-order valence-electron chi connectivity index (χ1n) is 9.92. The van der Waals surface area contributed by atoms with Gasteiger partial charge in [-0.05, 0) is 54.8 Å². The summed E-state index contributed by atoms with van der Waals surface area (Å²) in [6.07, 6.45) is 4.23. The molecule has 2 aromatic carbocycles. The van der Waals surface area contributed by atoms with E-state index in [4.69, 9.17) is 27.9 Å². The monoisotopic (exact) mass is 445 g/mol. The topological polar surface area (TPSA) is 70.5 Å². The lowest BCUT2D eigenvalue weighted by Crippen LogP contribution is -2.39. The highest BCUT2D eigenvalue weighted by Crippen LogP contribution is 2.43. The number of hydrogen-bond donors (Lipinski definition) is 2. The highest BCUT2D eigenvalue weighted by atomic mass is 35.5. The third kappa shape index (κ3) is 3.54. The van der Waals surface area contributed by atoms with Gasteiger partial charge in [-0.25, -0.2) is 4.79 Å². The van der Waals surface area contributed by atoms with Crippen LogP contribution in [0.1, 0.15) is 23.7 Å². The molecule has 1 saturated heterocycles. The van der Waals surface area contributed by atoms with Crippen molar-refractivity contribution in [3.8, 4) is 11.4 Å². The fourth-order valence-corrected chi connectivity index (χ4v) is 5.09. The number of likely N-dealkylation sites (tertiary alicyclic amines) is 1. The third-order valence-electron chi connectivity index (χ3n) is 5.95. The summed E-state index contributed by atoms with van der Waals surface area (Å²) in [5, 5.41) is 11.3. The molecule has 3 aromatic rings. The van der Waals surface area contributed by atoms with E-state index in [1.54, 1.807) is 18.5 Å². The van der Waals surface area contributed by atoms with Crippen LogP contribution in [0, 0.1) is 0 Å². The minimum absolute atomic E-state index is 0.0695. The van der Waals surface area contributed by atoms with E-state index in [0.717, 1.165) is 36.2 Å². The number of aliphatic hydroxyl groups is 1. The van der Waals surface area contributed by atoms with Gasteiger partial charge in [0.25, 0.3) is 0 Å². The number of H-pyrrole nitrogens is 1. The van der Waals surface area contributed by atoms with E-state index in [2.05, 4.69) is 9.88 Å². The Morgan fingerprint density at radius 3 is 2.63 bits per heavy atom. The van der Waals surface area contributed by atoms with Crippen LogP contribution >= 0.6 is 23.2 Å². The standard InChI is InChI=1S/C22H21Cl2N3O3/c23-13-9-18-17(19(24)10-13)11-20(26-7-5-15(28)12-26)21(18)30-16-3-1-14(2-4-16)27-8-6-25-22(27)29/h1-4,6,8-10,15,20-21,28H,5,7,11-12H2,(H,25,29)/t15?,20-,21-/m0/s1. The van der Waals surface area contributed by atoms with Crippen molar-refractivity contribution in [1.29, 1.82) is 0 Å². The second-order valence-corrected chi connectivity index (χ2v) is 8.68. The number of hydrogen-bond acceptors (Lipinski definition) is 4. The maximum atomic E-state index is 11.8. The Hall–Kier alpha value is -2.25. The number of aromatic amines is 1. The Balaban J connectivity index is 1.46. The van der Waals surface area contributed by atoms with Crippen LogP contribution in [0.2, 0.25) is 10.0 Å². The average Bonchev–Trinajstić information content (AvgIpc) is 3.42. The van der Waals surface area contributed by atoms with Gasteiger partial charge >= 0.3 is 5.69 Å². The molecule has 1 aliphatic heterocycles. The zero-order valence-electron chi connectivity index (χ0n) is 16.1. The first-order chi connectivity index (χ1) is 14.5. The molecule has 1 aromatic heterocycles. The SMILES string of the molecule is O=c1[nH]ccn1-c1ccc(O[C@H]2c3cc(Cl)cc(Cl)c3C[C@@H]2N2CCC(O)C2)cc1. The number of benzene rings is 2. The molecule has 30 heavy (non-hydrogen) atoms. The van der Waals surface area contributed by atoms with E-state index in [1.807, 2.05) is 30.3 Å². The fourth-order valence-electron chi connectivity index (χ4n) is 4.50. The molecule has 0 saturated carbocycles. The lowest BCUT2D eigenvalue weighted by atomic mass is 10.1. The van der Waals surface area contributed by atoms with Crippen LogP contribution < -0.4 is 10.4 Å². The van der Waals surface area contributed by atoms with Crippen molar-refractivity contribution in [2.75, 3.05) is 13.1 Å². The maximum Gasteiger partial charge on any atom is 0.330 e. The number of halogens is 2. The smallest absolute Gasteiger partial charge is 0.330 e. The Kier molecular flexibility index (Phi) is 5.11. The predicted octanol–water partition coefficient (Wildman–Crippen LogP) is 3.58. The van der Waals surface area contributed by atoms with E-state index < -0.39 is 0 Å². The van der Waals surface area contributed by atoms with Crippen LogP contribution in [0.4, 0.5) is 0 Å². The Morgan fingerprint density at radius 1 is 1.17 bits per heavy atom. The molecule has 6 nitrogen and oxygen atoms in total. The highest BCUT2D eigenvalue weighted by molar-refractivity contribution is 6.35. The van der Waals surface area contributed by atoms with Gasteiger partial charge in [-0.2, -0.15) is 0 Å². The summed E-state index contributed by atoms with van der Waals surface area (Å²) in [6.45, 7) is 1.44. The number of nitrogens with one attached hydrogen (secondary N) is 1. The zero-order chi connectivity index (χ0) is 20.8. The van der Waals surface area contributed by atoms with Crippen molar-refractivity contribution in [2.45, 2.75) is 31.1 Å². The van der Waals surface area contributed by atoms with Crippen molar-refractivity contribution in [3.05, 3.63) is 80.4 Å². The van der Waals surface area contributed by atoms with Crippen LogP contribution in [-0.2, 0) is 6.42 Å². The quantitative estimate of drug-likeness (QED) is 0.643. The number of β-amino-alcohol motifs (C(OH)–C–C–N with tert-alkyl or cyclic N) is 1. The number of aromatic nitrogens is 2. The minimum Gasteiger partial charge on any atom is -0.484 e. The zero-order valence-corrected chi connectivity index (χ0v) is 17.6. The summed E-state index contributed by atoms with van der Waals surface area (Å²) in [6, 6.07) is 11.2. The second kappa shape index (κ2) is 7.78. The molecule has 0 spiro atoms. The summed E-state index contributed by atoms with van der Waals surface area (Å²) >= 11 is 12.8. The van der Waals surface area contributed by atoms with E-state index in [-0.39, 0.29) is 23.9 Å². The normalized spacial score (nSPS) is 23.6. The van der Waals surface area contributed by atoms with Gasteiger partial charge in [-0.1, -0.05) is 23.2 Å². The van der Waals surface area contributed by atoms with Crippen LogP contribution in [0.15, 0.2) is 53.6 Å². The first-order valence-corrected chi connectivity index (χ1v) is 10.7. The van der Waals surface area contributed by atoms with Crippen molar-refractivity contribution in [1.82, 2.24) is 14.5 Å². The first kappa shape index (κ1) is 19.7. The fraction of sp³-hybridized carbons (Fsp3) is 0.318. The highest BCUT2D eigenvalue weighted by Gasteiger charge is 2.41. The number of imidazole rings is 1. The number of aliphatic hydroxyl groups excluding tert-OH is 1. The van der Waals surface area contributed by atoms with Gasteiger partial charge in [0, 0.05) is 41.1 Å². The molecule has 2 heterocycles.